The molecule has 0 heterocycles. The second-order valence-electron chi connectivity index (χ2n) is 6.92. The van der Waals surface area contributed by atoms with Crippen molar-refractivity contribution in [1.82, 2.24) is 9.62 Å². The molecule has 0 aliphatic heterocycles. The van der Waals surface area contributed by atoms with Gasteiger partial charge in [-0.15, -0.1) is 0 Å². The van der Waals surface area contributed by atoms with E-state index in [1.54, 1.807) is 0 Å². The molecule has 8 nitrogen and oxygen atoms in total. The SMILES string of the molecule is CC(=O)Nc1ccc(S(=O)(=O)N(C)CC(=O)NC2CCCCC2CN)cc1. The first-order valence-corrected chi connectivity index (χ1v) is 10.5. The molecular formula is C18H28N4O4S. The van der Waals surface area contributed by atoms with Crippen molar-refractivity contribution in [3.63, 3.8) is 0 Å². The van der Waals surface area contributed by atoms with Gasteiger partial charge in [0.05, 0.1) is 11.4 Å². The van der Waals surface area contributed by atoms with Gasteiger partial charge in [-0.25, -0.2) is 8.42 Å². The Bertz CT molecular complexity index is 764. The lowest BCUT2D eigenvalue weighted by Crippen LogP contribution is -2.48. The Morgan fingerprint density at radius 2 is 1.81 bits per heavy atom. The molecule has 1 fully saturated rings. The van der Waals surface area contributed by atoms with Gasteiger partial charge in [-0.2, -0.15) is 4.31 Å². The third kappa shape index (κ3) is 5.75. The molecule has 2 unspecified atom stereocenters. The smallest absolute Gasteiger partial charge is 0.243 e. The number of nitrogens with two attached hydrogens (primary N) is 1. The van der Waals surface area contributed by atoms with E-state index in [2.05, 4.69) is 10.6 Å². The summed E-state index contributed by atoms with van der Waals surface area (Å²) in [6, 6.07) is 5.83. The first-order valence-electron chi connectivity index (χ1n) is 9.07. The van der Waals surface area contributed by atoms with Gasteiger partial charge >= 0.3 is 0 Å². The maximum atomic E-state index is 12.7. The van der Waals surface area contributed by atoms with Gasteiger partial charge in [0, 0.05) is 25.7 Å². The molecule has 1 saturated carbocycles. The van der Waals surface area contributed by atoms with Crippen LogP contribution in [0.1, 0.15) is 32.6 Å². The van der Waals surface area contributed by atoms with Crippen LogP contribution in [0.2, 0.25) is 0 Å². The van der Waals surface area contributed by atoms with Crippen molar-refractivity contribution in [3.8, 4) is 0 Å². The van der Waals surface area contributed by atoms with Crippen molar-refractivity contribution >= 4 is 27.5 Å². The largest absolute Gasteiger partial charge is 0.352 e. The molecule has 0 bridgehead atoms. The molecule has 0 saturated heterocycles. The normalized spacial score (nSPS) is 20.3. The summed E-state index contributed by atoms with van der Waals surface area (Å²) in [5, 5.41) is 5.51. The Hall–Kier alpha value is -1.97. The summed E-state index contributed by atoms with van der Waals surface area (Å²) in [7, 11) is -2.43. The highest BCUT2D eigenvalue weighted by Crippen LogP contribution is 2.23. The predicted molar refractivity (Wildman–Crippen MR) is 104 cm³/mol. The molecule has 0 spiro atoms. The van der Waals surface area contributed by atoms with Crippen LogP contribution in [-0.4, -0.2) is 50.7 Å². The van der Waals surface area contributed by atoms with Crippen molar-refractivity contribution in [2.75, 3.05) is 25.5 Å². The van der Waals surface area contributed by atoms with Crippen LogP contribution in [0.4, 0.5) is 5.69 Å². The monoisotopic (exact) mass is 396 g/mol. The second kappa shape index (κ2) is 9.29. The van der Waals surface area contributed by atoms with Crippen LogP contribution in [0.25, 0.3) is 0 Å². The van der Waals surface area contributed by atoms with Crippen molar-refractivity contribution in [2.45, 2.75) is 43.5 Å². The third-order valence-corrected chi connectivity index (χ3v) is 6.62. The predicted octanol–water partition coefficient (Wildman–Crippen LogP) is 0.899. The minimum atomic E-state index is -3.80. The highest BCUT2D eigenvalue weighted by Gasteiger charge is 2.28. The van der Waals surface area contributed by atoms with E-state index >= 15 is 0 Å². The molecule has 150 valence electrons. The molecule has 2 atom stereocenters. The highest BCUT2D eigenvalue weighted by atomic mass is 32.2. The Morgan fingerprint density at radius 3 is 2.41 bits per heavy atom. The van der Waals surface area contributed by atoms with E-state index in [-0.39, 0.29) is 35.2 Å². The van der Waals surface area contributed by atoms with Crippen LogP contribution in [0.15, 0.2) is 29.2 Å². The molecule has 1 aliphatic rings. The number of hydrogen-bond donors (Lipinski definition) is 3. The number of carbonyl (C=O) groups is 2. The van der Waals surface area contributed by atoms with Gasteiger partial charge in [0.25, 0.3) is 0 Å². The zero-order valence-electron chi connectivity index (χ0n) is 15.8. The number of sulfonamides is 1. The molecule has 1 aromatic carbocycles. The maximum absolute atomic E-state index is 12.7. The minimum absolute atomic E-state index is 0.00397. The lowest BCUT2D eigenvalue weighted by molar-refractivity contribution is -0.122. The summed E-state index contributed by atoms with van der Waals surface area (Å²) >= 11 is 0. The van der Waals surface area contributed by atoms with Crippen LogP contribution >= 0.6 is 0 Å². The lowest BCUT2D eigenvalue weighted by atomic mass is 9.84. The average molecular weight is 397 g/mol. The Balaban J connectivity index is 1.99. The molecule has 1 aliphatic carbocycles. The van der Waals surface area contributed by atoms with Gasteiger partial charge in [-0.1, -0.05) is 12.8 Å². The summed E-state index contributed by atoms with van der Waals surface area (Å²) in [6.45, 7) is 1.63. The number of hydrogen-bond acceptors (Lipinski definition) is 5. The standard InChI is InChI=1S/C18H28N4O4S/c1-13(23)20-15-7-9-16(10-8-15)27(25,26)22(2)12-18(24)21-17-6-4-3-5-14(17)11-19/h7-10,14,17H,3-6,11-12,19H2,1-2H3,(H,20,23)(H,21,24). The molecule has 0 aromatic heterocycles. The van der Waals surface area contributed by atoms with Gasteiger partial charge in [0.1, 0.15) is 0 Å². The summed E-state index contributed by atoms with van der Waals surface area (Å²) in [6.07, 6.45) is 4.00. The summed E-state index contributed by atoms with van der Waals surface area (Å²) in [5.74, 6) is -0.329. The zero-order valence-corrected chi connectivity index (χ0v) is 16.6. The minimum Gasteiger partial charge on any atom is -0.352 e. The fourth-order valence-corrected chi connectivity index (χ4v) is 4.44. The van der Waals surface area contributed by atoms with E-state index < -0.39 is 10.0 Å². The number of amides is 2. The van der Waals surface area contributed by atoms with E-state index in [4.69, 9.17) is 5.73 Å². The Morgan fingerprint density at radius 1 is 1.19 bits per heavy atom. The first kappa shape index (κ1) is 21.3. The highest BCUT2D eigenvalue weighted by molar-refractivity contribution is 7.89. The van der Waals surface area contributed by atoms with Crippen molar-refractivity contribution in [1.29, 1.82) is 0 Å². The Labute approximate surface area is 160 Å². The van der Waals surface area contributed by atoms with E-state index in [1.807, 2.05) is 0 Å². The average Bonchev–Trinajstić information content (AvgIpc) is 2.62. The van der Waals surface area contributed by atoms with E-state index in [1.165, 1.54) is 38.2 Å². The molecule has 2 rings (SSSR count). The third-order valence-electron chi connectivity index (χ3n) is 4.81. The zero-order chi connectivity index (χ0) is 20.0. The quantitative estimate of drug-likeness (QED) is 0.632. The van der Waals surface area contributed by atoms with E-state index in [9.17, 15) is 18.0 Å². The molecular weight excluding hydrogens is 368 g/mol. The van der Waals surface area contributed by atoms with Gasteiger partial charge in [0.15, 0.2) is 0 Å². The molecule has 9 heteroatoms. The first-order chi connectivity index (χ1) is 12.7. The molecule has 1 aromatic rings. The number of nitrogens with zero attached hydrogens (tertiary/aromatic N) is 1. The van der Waals surface area contributed by atoms with Crippen LogP contribution in [-0.2, 0) is 19.6 Å². The van der Waals surface area contributed by atoms with Crippen LogP contribution in [0, 0.1) is 5.92 Å². The van der Waals surface area contributed by atoms with Crippen molar-refractivity contribution in [3.05, 3.63) is 24.3 Å². The molecule has 2 amide bonds. The number of carbonyl (C=O) groups excluding carboxylic acids is 2. The fourth-order valence-electron chi connectivity index (χ4n) is 3.31. The lowest BCUT2D eigenvalue weighted by Gasteiger charge is -2.31. The van der Waals surface area contributed by atoms with Crippen LogP contribution in [0.3, 0.4) is 0 Å². The maximum Gasteiger partial charge on any atom is 0.243 e. The Kier molecular flexibility index (Phi) is 7.34. The van der Waals surface area contributed by atoms with Gasteiger partial charge < -0.3 is 16.4 Å². The van der Waals surface area contributed by atoms with Crippen molar-refractivity contribution in [2.24, 2.45) is 11.7 Å². The fraction of sp³-hybridized carbons (Fsp3) is 0.556. The van der Waals surface area contributed by atoms with Crippen LogP contribution < -0.4 is 16.4 Å². The van der Waals surface area contributed by atoms with Gasteiger partial charge in [-0.05, 0) is 49.6 Å². The summed E-state index contributed by atoms with van der Waals surface area (Å²) in [4.78, 5) is 23.4. The molecule has 27 heavy (non-hydrogen) atoms. The number of benzene rings is 1. The number of anilines is 1. The second-order valence-corrected chi connectivity index (χ2v) is 8.97. The number of nitrogens with one attached hydrogen (secondary N) is 2. The van der Waals surface area contributed by atoms with E-state index in [0.717, 1.165) is 30.0 Å². The van der Waals surface area contributed by atoms with Crippen LogP contribution in [0.5, 0.6) is 0 Å². The summed E-state index contributed by atoms with van der Waals surface area (Å²) in [5.41, 5.74) is 6.28. The van der Waals surface area contributed by atoms with Crippen molar-refractivity contribution < 1.29 is 18.0 Å². The number of rotatable bonds is 7. The molecule has 0 radical (unpaired) electrons. The topological polar surface area (TPSA) is 122 Å². The van der Waals surface area contributed by atoms with Gasteiger partial charge in [-0.3, -0.25) is 9.59 Å². The molecule has 4 N–H and O–H groups in total. The van der Waals surface area contributed by atoms with Gasteiger partial charge in [0.2, 0.25) is 21.8 Å². The summed E-state index contributed by atoms with van der Waals surface area (Å²) < 4.78 is 26.3. The van der Waals surface area contributed by atoms with E-state index in [0.29, 0.717) is 12.2 Å². The number of likely N-dealkylation sites (N-methyl/N-ethyl adjacent to an activating group) is 1.